The number of para-hydroxylation sites is 1. The van der Waals surface area contributed by atoms with Crippen molar-refractivity contribution in [2.24, 2.45) is 7.05 Å². The number of aryl methyl sites for hydroxylation is 1. The number of hydrogen-bond donors (Lipinski definition) is 1. The molecule has 3 rings (SSSR count). The van der Waals surface area contributed by atoms with Crippen LogP contribution < -0.4 is 10.2 Å². The SMILES string of the molecule is CC(C)N(c1ccccc1)c1ccc(NC(=O)CSc2nccn2C)cc1. The smallest absolute Gasteiger partial charge is 0.234 e. The van der Waals surface area contributed by atoms with Crippen molar-refractivity contribution in [3.05, 3.63) is 67.0 Å². The monoisotopic (exact) mass is 380 g/mol. The zero-order valence-corrected chi connectivity index (χ0v) is 16.6. The molecule has 0 saturated carbocycles. The second kappa shape index (κ2) is 8.77. The standard InChI is InChI=1S/C21H24N4OS/c1-16(2)25(18-7-5-4-6-8-18)19-11-9-17(10-12-19)23-20(26)15-27-21-22-13-14-24(21)3/h4-14,16H,15H2,1-3H3,(H,23,26). The van der Waals surface area contributed by atoms with E-state index in [9.17, 15) is 4.79 Å². The zero-order chi connectivity index (χ0) is 19.2. The summed E-state index contributed by atoms with van der Waals surface area (Å²) < 4.78 is 1.90. The van der Waals surface area contributed by atoms with Gasteiger partial charge in [-0.3, -0.25) is 4.79 Å². The number of thioether (sulfide) groups is 1. The van der Waals surface area contributed by atoms with Gasteiger partial charge < -0.3 is 14.8 Å². The number of carbonyl (C=O) groups excluding carboxylic acids is 1. The van der Waals surface area contributed by atoms with Crippen LogP contribution in [0.1, 0.15) is 13.8 Å². The Kier molecular flexibility index (Phi) is 6.19. The highest BCUT2D eigenvalue weighted by Gasteiger charge is 2.13. The van der Waals surface area contributed by atoms with E-state index in [1.54, 1.807) is 6.20 Å². The molecule has 2 aromatic carbocycles. The molecule has 0 radical (unpaired) electrons. The molecule has 0 aliphatic rings. The van der Waals surface area contributed by atoms with Crippen molar-refractivity contribution in [3.8, 4) is 0 Å². The number of rotatable bonds is 7. The van der Waals surface area contributed by atoms with E-state index in [1.165, 1.54) is 11.8 Å². The number of imidazole rings is 1. The lowest BCUT2D eigenvalue weighted by atomic mass is 10.2. The molecule has 0 unspecified atom stereocenters. The molecule has 6 heteroatoms. The molecule has 1 heterocycles. The Labute approximate surface area is 164 Å². The number of hydrogen-bond acceptors (Lipinski definition) is 4. The normalized spacial score (nSPS) is 10.8. The van der Waals surface area contributed by atoms with E-state index in [1.807, 2.05) is 60.3 Å². The summed E-state index contributed by atoms with van der Waals surface area (Å²) in [7, 11) is 1.92. The van der Waals surface area contributed by atoms with Crippen LogP contribution in [0, 0.1) is 0 Å². The summed E-state index contributed by atoms with van der Waals surface area (Å²) in [6.07, 6.45) is 3.60. The first-order valence-electron chi connectivity index (χ1n) is 8.89. The second-order valence-electron chi connectivity index (χ2n) is 6.50. The van der Waals surface area contributed by atoms with Gasteiger partial charge in [-0.15, -0.1) is 0 Å². The molecule has 0 fully saturated rings. The van der Waals surface area contributed by atoms with Gasteiger partial charge in [-0.05, 0) is 50.2 Å². The summed E-state index contributed by atoms with van der Waals surface area (Å²) in [6, 6.07) is 18.6. The zero-order valence-electron chi connectivity index (χ0n) is 15.8. The first kappa shape index (κ1) is 19.0. The predicted molar refractivity (Wildman–Crippen MR) is 113 cm³/mol. The molecule has 5 nitrogen and oxygen atoms in total. The van der Waals surface area contributed by atoms with Crippen molar-refractivity contribution < 1.29 is 4.79 Å². The van der Waals surface area contributed by atoms with Crippen LogP contribution in [-0.4, -0.2) is 27.3 Å². The Morgan fingerprint density at radius 1 is 1.11 bits per heavy atom. The van der Waals surface area contributed by atoms with Crippen LogP contribution in [-0.2, 0) is 11.8 Å². The molecular weight excluding hydrogens is 356 g/mol. The molecular formula is C21H24N4OS. The first-order valence-corrected chi connectivity index (χ1v) is 9.87. The number of anilines is 3. The number of aromatic nitrogens is 2. The fourth-order valence-electron chi connectivity index (χ4n) is 2.86. The molecule has 0 bridgehead atoms. The molecule has 0 aliphatic heterocycles. The van der Waals surface area contributed by atoms with E-state index < -0.39 is 0 Å². The Morgan fingerprint density at radius 2 is 1.78 bits per heavy atom. The lowest BCUT2D eigenvalue weighted by molar-refractivity contribution is -0.113. The predicted octanol–water partition coefficient (Wildman–Crippen LogP) is 4.70. The van der Waals surface area contributed by atoms with Crippen molar-refractivity contribution in [1.82, 2.24) is 9.55 Å². The molecule has 0 spiro atoms. The number of nitrogens with one attached hydrogen (secondary N) is 1. The van der Waals surface area contributed by atoms with Gasteiger partial charge in [-0.25, -0.2) is 4.98 Å². The lowest BCUT2D eigenvalue weighted by Gasteiger charge is -2.29. The number of amides is 1. The fourth-order valence-corrected chi connectivity index (χ4v) is 3.59. The van der Waals surface area contributed by atoms with Gasteiger partial charge >= 0.3 is 0 Å². The summed E-state index contributed by atoms with van der Waals surface area (Å²) >= 11 is 1.42. The van der Waals surface area contributed by atoms with Gasteiger partial charge in [0.1, 0.15) is 0 Å². The Bertz CT molecular complexity index is 875. The maximum atomic E-state index is 12.2. The topological polar surface area (TPSA) is 50.2 Å². The van der Waals surface area contributed by atoms with Gasteiger partial charge in [0.2, 0.25) is 5.91 Å². The average molecular weight is 381 g/mol. The molecule has 0 aliphatic carbocycles. The van der Waals surface area contributed by atoms with Crippen molar-refractivity contribution in [2.45, 2.75) is 25.0 Å². The highest BCUT2D eigenvalue weighted by Crippen LogP contribution is 2.28. The molecule has 27 heavy (non-hydrogen) atoms. The third-order valence-corrected chi connectivity index (χ3v) is 5.15. The van der Waals surface area contributed by atoms with Gasteiger partial charge in [0.15, 0.2) is 5.16 Å². The van der Waals surface area contributed by atoms with Gasteiger partial charge in [0, 0.05) is 42.5 Å². The van der Waals surface area contributed by atoms with Crippen molar-refractivity contribution >= 4 is 34.7 Å². The number of nitrogens with zero attached hydrogens (tertiary/aromatic N) is 3. The van der Waals surface area contributed by atoms with Crippen LogP contribution in [0.3, 0.4) is 0 Å². The molecule has 3 aromatic rings. The minimum absolute atomic E-state index is 0.0421. The molecule has 140 valence electrons. The van der Waals surface area contributed by atoms with Crippen molar-refractivity contribution in [3.63, 3.8) is 0 Å². The van der Waals surface area contributed by atoms with Crippen molar-refractivity contribution in [1.29, 1.82) is 0 Å². The summed E-state index contributed by atoms with van der Waals surface area (Å²) in [4.78, 5) is 18.7. The second-order valence-corrected chi connectivity index (χ2v) is 7.45. The van der Waals surface area contributed by atoms with Crippen LogP contribution in [0.25, 0.3) is 0 Å². The largest absolute Gasteiger partial charge is 0.339 e. The molecule has 1 amide bonds. The van der Waals surface area contributed by atoms with Crippen LogP contribution >= 0.6 is 11.8 Å². The van der Waals surface area contributed by atoms with E-state index in [2.05, 4.69) is 41.2 Å². The minimum atomic E-state index is -0.0421. The molecule has 0 saturated heterocycles. The highest BCUT2D eigenvalue weighted by atomic mass is 32.2. The summed E-state index contributed by atoms with van der Waals surface area (Å²) in [5.74, 6) is 0.286. The highest BCUT2D eigenvalue weighted by molar-refractivity contribution is 7.99. The Morgan fingerprint density at radius 3 is 2.37 bits per heavy atom. The fraction of sp³-hybridized carbons (Fsp3) is 0.238. The third-order valence-electron chi connectivity index (χ3n) is 4.09. The molecule has 1 aromatic heterocycles. The van der Waals surface area contributed by atoms with Crippen LogP contribution in [0.2, 0.25) is 0 Å². The maximum Gasteiger partial charge on any atom is 0.234 e. The van der Waals surface area contributed by atoms with E-state index in [0.29, 0.717) is 11.8 Å². The average Bonchev–Trinajstić information content (AvgIpc) is 3.07. The van der Waals surface area contributed by atoms with E-state index in [0.717, 1.165) is 22.2 Å². The maximum absolute atomic E-state index is 12.2. The number of carbonyl (C=O) groups is 1. The van der Waals surface area contributed by atoms with Crippen LogP contribution in [0.15, 0.2) is 72.1 Å². The summed E-state index contributed by atoms with van der Waals surface area (Å²) in [5, 5.41) is 3.77. The van der Waals surface area contributed by atoms with E-state index in [-0.39, 0.29) is 5.91 Å². The van der Waals surface area contributed by atoms with Crippen molar-refractivity contribution in [2.75, 3.05) is 16.0 Å². The third kappa shape index (κ3) is 4.92. The van der Waals surface area contributed by atoms with E-state index in [4.69, 9.17) is 0 Å². The Balaban J connectivity index is 1.64. The summed E-state index contributed by atoms with van der Waals surface area (Å²) in [6.45, 7) is 4.33. The summed E-state index contributed by atoms with van der Waals surface area (Å²) in [5.41, 5.74) is 3.04. The first-order chi connectivity index (χ1) is 13.0. The number of benzene rings is 2. The lowest BCUT2D eigenvalue weighted by Crippen LogP contribution is -2.25. The van der Waals surface area contributed by atoms with Crippen LogP contribution in [0.4, 0.5) is 17.1 Å². The van der Waals surface area contributed by atoms with Crippen LogP contribution in [0.5, 0.6) is 0 Å². The minimum Gasteiger partial charge on any atom is -0.339 e. The molecule has 1 N–H and O–H groups in total. The van der Waals surface area contributed by atoms with Gasteiger partial charge in [-0.2, -0.15) is 0 Å². The molecule has 0 atom stereocenters. The van der Waals surface area contributed by atoms with Gasteiger partial charge in [0.25, 0.3) is 0 Å². The quantitative estimate of drug-likeness (QED) is 0.604. The van der Waals surface area contributed by atoms with E-state index >= 15 is 0 Å². The van der Waals surface area contributed by atoms with Gasteiger partial charge in [0.05, 0.1) is 5.75 Å². The van der Waals surface area contributed by atoms with Gasteiger partial charge in [-0.1, -0.05) is 30.0 Å². The Hall–Kier alpha value is -2.73.